The molecule has 0 aliphatic rings. The number of oxazole rings is 1. The highest BCUT2D eigenvalue weighted by Crippen LogP contribution is 2.26. The summed E-state index contributed by atoms with van der Waals surface area (Å²) < 4.78 is 5.47. The Morgan fingerprint density at radius 3 is 2.75 bits per heavy atom. The van der Waals surface area contributed by atoms with Gasteiger partial charge in [0.2, 0.25) is 5.91 Å². The molecular weight excluding hydrogens is 252 g/mol. The van der Waals surface area contributed by atoms with Gasteiger partial charge in [-0.1, -0.05) is 18.2 Å². The van der Waals surface area contributed by atoms with E-state index in [0.29, 0.717) is 5.89 Å². The summed E-state index contributed by atoms with van der Waals surface area (Å²) in [5, 5.41) is 2.78. The molecule has 100 valence electrons. The first-order valence-corrected chi connectivity index (χ1v) is 6.37. The second-order valence-electron chi connectivity index (χ2n) is 4.68. The van der Waals surface area contributed by atoms with E-state index in [1.807, 2.05) is 49.4 Å². The highest BCUT2D eigenvalue weighted by Gasteiger charge is 2.05. The van der Waals surface area contributed by atoms with Crippen LogP contribution in [0.5, 0.6) is 0 Å². The van der Waals surface area contributed by atoms with Gasteiger partial charge in [-0.2, -0.15) is 0 Å². The van der Waals surface area contributed by atoms with Crippen molar-refractivity contribution in [1.29, 1.82) is 0 Å². The number of carbonyl (C=O) groups is 1. The SMILES string of the molecule is CC(=O)Nc1cccc(-c2ccc3oc(C)nc3c2)c1. The van der Waals surface area contributed by atoms with Gasteiger partial charge >= 0.3 is 0 Å². The van der Waals surface area contributed by atoms with Gasteiger partial charge in [0.25, 0.3) is 0 Å². The molecule has 1 amide bonds. The predicted octanol–water partition coefficient (Wildman–Crippen LogP) is 3.76. The second-order valence-corrected chi connectivity index (χ2v) is 4.68. The van der Waals surface area contributed by atoms with E-state index in [-0.39, 0.29) is 5.91 Å². The highest BCUT2D eigenvalue weighted by atomic mass is 16.3. The van der Waals surface area contributed by atoms with E-state index in [1.165, 1.54) is 6.92 Å². The molecule has 4 heteroatoms. The summed E-state index contributed by atoms with van der Waals surface area (Å²) in [5.74, 6) is 0.578. The number of carbonyl (C=O) groups excluding carboxylic acids is 1. The van der Waals surface area contributed by atoms with Crippen LogP contribution in [-0.4, -0.2) is 10.9 Å². The smallest absolute Gasteiger partial charge is 0.221 e. The van der Waals surface area contributed by atoms with E-state index in [1.54, 1.807) is 0 Å². The molecule has 1 N–H and O–H groups in total. The number of aryl methyl sites for hydroxylation is 1. The Bertz CT molecular complexity index is 790. The first-order chi connectivity index (χ1) is 9.61. The predicted molar refractivity (Wildman–Crippen MR) is 78.5 cm³/mol. The Balaban J connectivity index is 2.03. The van der Waals surface area contributed by atoms with Crippen LogP contribution in [0.15, 0.2) is 46.9 Å². The largest absolute Gasteiger partial charge is 0.441 e. The molecule has 3 rings (SSSR count). The molecule has 0 aliphatic carbocycles. The number of hydrogen-bond acceptors (Lipinski definition) is 3. The van der Waals surface area contributed by atoms with Crippen molar-refractivity contribution in [3.63, 3.8) is 0 Å². The third-order valence-corrected chi connectivity index (χ3v) is 3.01. The van der Waals surface area contributed by atoms with Crippen molar-refractivity contribution < 1.29 is 9.21 Å². The molecule has 0 unspecified atom stereocenters. The quantitative estimate of drug-likeness (QED) is 0.768. The van der Waals surface area contributed by atoms with Crippen LogP contribution in [0.1, 0.15) is 12.8 Å². The third kappa shape index (κ3) is 2.40. The van der Waals surface area contributed by atoms with E-state index < -0.39 is 0 Å². The summed E-state index contributed by atoms with van der Waals surface area (Å²) in [7, 11) is 0. The van der Waals surface area contributed by atoms with Crippen molar-refractivity contribution in [1.82, 2.24) is 4.98 Å². The number of hydrogen-bond donors (Lipinski definition) is 1. The number of anilines is 1. The van der Waals surface area contributed by atoms with Gasteiger partial charge < -0.3 is 9.73 Å². The number of benzene rings is 2. The molecule has 1 heterocycles. The summed E-state index contributed by atoms with van der Waals surface area (Å²) in [4.78, 5) is 15.4. The molecule has 3 aromatic rings. The number of fused-ring (bicyclic) bond motifs is 1. The molecule has 20 heavy (non-hydrogen) atoms. The van der Waals surface area contributed by atoms with Crippen LogP contribution in [0.3, 0.4) is 0 Å². The van der Waals surface area contributed by atoms with Crippen LogP contribution in [0.2, 0.25) is 0 Å². The van der Waals surface area contributed by atoms with Crippen LogP contribution < -0.4 is 5.32 Å². The summed E-state index contributed by atoms with van der Waals surface area (Å²) >= 11 is 0. The van der Waals surface area contributed by atoms with Gasteiger partial charge in [0, 0.05) is 19.5 Å². The molecule has 1 aromatic heterocycles. The fourth-order valence-electron chi connectivity index (χ4n) is 2.20. The molecule has 0 spiro atoms. The van der Waals surface area contributed by atoms with Crippen molar-refractivity contribution in [3.05, 3.63) is 48.4 Å². The highest BCUT2D eigenvalue weighted by molar-refractivity contribution is 5.90. The second kappa shape index (κ2) is 4.81. The Kier molecular flexibility index (Phi) is 2.99. The van der Waals surface area contributed by atoms with Gasteiger partial charge in [-0.3, -0.25) is 4.79 Å². The number of aromatic nitrogens is 1. The van der Waals surface area contributed by atoms with Crippen molar-refractivity contribution in [3.8, 4) is 11.1 Å². The van der Waals surface area contributed by atoms with Gasteiger partial charge in [0.15, 0.2) is 11.5 Å². The lowest BCUT2D eigenvalue weighted by Gasteiger charge is -2.05. The maximum Gasteiger partial charge on any atom is 0.221 e. The summed E-state index contributed by atoms with van der Waals surface area (Å²) in [6.45, 7) is 3.33. The minimum absolute atomic E-state index is 0.0790. The fraction of sp³-hybridized carbons (Fsp3) is 0.125. The molecule has 4 nitrogen and oxygen atoms in total. The summed E-state index contributed by atoms with van der Waals surface area (Å²) in [5.41, 5.74) is 4.47. The van der Waals surface area contributed by atoms with Crippen LogP contribution in [0.25, 0.3) is 22.2 Å². The Morgan fingerprint density at radius 2 is 1.95 bits per heavy atom. The fourth-order valence-corrected chi connectivity index (χ4v) is 2.20. The minimum atomic E-state index is -0.0790. The zero-order valence-electron chi connectivity index (χ0n) is 11.3. The molecule has 0 saturated carbocycles. The number of rotatable bonds is 2. The molecule has 0 aliphatic heterocycles. The first-order valence-electron chi connectivity index (χ1n) is 6.37. The van der Waals surface area contributed by atoms with E-state index in [9.17, 15) is 4.79 Å². The van der Waals surface area contributed by atoms with E-state index >= 15 is 0 Å². The Labute approximate surface area is 116 Å². The summed E-state index contributed by atoms with van der Waals surface area (Å²) in [6, 6.07) is 13.6. The maximum absolute atomic E-state index is 11.1. The van der Waals surface area contributed by atoms with Gasteiger partial charge in [-0.05, 0) is 35.4 Å². The maximum atomic E-state index is 11.1. The minimum Gasteiger partial charge on any atom is -0.441 e. The first kappa shape index (κ1) is 12.4. The monoisotopic (exact) mass is 266 g/mol. The number of nitrogens with one attached hydrogen (secondary N) is 1. The van der Waals surface area contributed by atoms with Crippen molar-refractivity contribution >= 4 is 22.7 Å². The number of nitrogens with zero attached hydrogens (tertiary/aromatic N) is 1. The third-order valence-electron chi connectivity index (χ3n) is 3.01. The summed E-state index contributed by atoms with van der Waals surface area (Å²) in [6.07, 6.45) is 0. The lowest BCUT2D eigenvalue weighted by molar-refractivity contribution is -0.114. The molecule has 0 saturated heterocycles. The lowest BCUT2D eigenvalue weighted by atomic mass is 10.0. The van der Waals surface area contributed by atoms with Crippen LogP contribution in [0, 0.1) is 6.92 Å². The van der Waals surface area contributed by atoms with Gasteiger partial charge in [-0.25, -0.2) is 4.98 Å². The lowest BCUT2D eigenvalue weighted by Crippen LogP contribution is -2.05. The van der Waals surface area contributed by atoms with E-state index in [4.69, 9.17) is 4.42 Å². The van der Waals surface area contributed by atoms with Gasteiger partial charge in [0.1, 0.15) is 5.52 Å². The molecule has 0 fully saturated rings. The molecule has 0 bridgehead atoms. The molecule has 0 atom stereocenters. The van der Waals surface area contributed by atoms with Crippen molar-refractivity contribution in [2.45, 2.75) is 13.8 Å². The van der Waals surface area contributed by atoms with Crippen LogP contribution >= 0.6 is 0 Å². The van der Waals surface area contributed by atoms with E-state index in [2.05, 4.69) is 10.3 Å². The molecule has 0 radical (unpaired) electrons. The molecular formula is C16H14N2O2. The van der Waals surface area contributed by atoms with Crippen molar-refractivity contribution in [2.24, 2.45) is 0 Å². The van der Waals surface area contributed by atoms with Gasteiger partial charge in [-0.15, -0.1) is 0 Å². The zero-order chi connectivity index (χ0) is 14.1. The Hall–Kier alpha value is -2.62. The van der Waals surface area contributed by atoms with Crippen LogP contribution in [-0.2, 0) is 4.79 Å². The average molecular weight is 266 g/mol. The zero-order valence-corrected chi connectivity index (χ0v) is 11.3. The van der Waals surface area contributed by atoms with Gasteiger partial charge in [0.05, 0.1) is 0 Å². The Morgan fingerprint density at radius 1 is 1.15 bits per heavy atom. The standard InChI is InChI=1S/C16H14N2O2/c1-10(19)17-14-5-3-4-12(8-14)13-6-7-16-15(9-13)18-11(2)20-16/h3-9H,1-2H3,(H,17,19). The normalized spacial score (nSPS) is 10.7. The number of amides is 1. The van der Waals surface area contributed by atoms with Crippen LogP contribution in [0.4, 0.5) is 5.69 Å². The van der Waals surface area contributed by atoms with E-state index in [0.717, 1.165) is 27.9 Å². The topological polar surface area (TPSA) is 55.1 Å². The molecule has 2 aromatic carbocycles. The van der Waals surface area contributed by atoms with Crippen molar-refractivity contribution in [2.75, 3.05) is 5.32 Å². The average Bonchev–Trinajstić information content (AvgIpc) is 2.77.